The topological polar surface area (TPSA) is 113 Å². The molecule has 0 aliphatic carbocycles. The van der Waals surface area contributed by atoms with Crippen molar-refractivity contribution in [3.8, 4) is 0 Å². The molecule has 0 saturated heterocycles. The minimum Gasteiger partial charge on any atom is -0.480 e. The third-order valence-corrected chi connectivity index (χ3v) is 4.76. The minimum absolute atomic E-state index is 0.0731. The molecule has 0 atom stereocenters. The van der Waals surface area contributed by atoms with E-state index in [2.05, 4.69) is 5.32 Å². The number of sulfonamides is 1. The molecule has 7 nitrogen and oxygen atoms in total. The smallest absolute Gasteiger partial charge is 0.318 e. The highest BCUT2D eigenvalue weighted by molar-refractivity contribution is 7.89. The zero-order valence-electron chi connectivity index (χ0n) is 13.3. The molecule has 0 spiro atoms. The highest BCUT2D eigenvalue weighted by Crippen LogP contribution is 2.14. The average Bonchev–Trinajstić information content (AvgIpc) is 2.60. The van der Waals surface area contributed by atoms with E-state index in [4.69, 9.17) is 5.11 Å². The van der Waals surface area contributed by atoms with Crippen molar-refractivity contribution in [1.82, 2.24) is 4.72 Å². The Bertz CT molecular complexity index is 833. The van der Waals surface area contributed by atoms with Crippen LogP contribution in [0.4, 0.5) is 5.69 Å². The number of rotatable bonds is 8. The van der Waals surface area contributed by atoms with Crippen LogP contribution < -0.4 is 10.0 Å². The maximum absolute atomic E-state index is 11.9. The SMILES string of the molecule is O=C(O)CNS(=O)(=O)c1ccc(NC(=O)CCc2ccccc2)cc1. The van der Waals surface area contributed by atoms with E-state index in [1.54, 1.807) is 0 Å². The first-order chi connectivity index (χ1) is 11.9. The zero-order chi connectivity index (χ0) is 18.3. The summed E-state index contributed by atoms with van der Waals surface area (Å²) < 4.78 is 25.7. The van der Waals surface area contributed by atoms with Gasteiger partial charge in [0.05, 0.1) is 4.90 Å². The molecular formula is C17H18N2O5S. The Hall–Kier alpha value is -2.71. The van der Waals surface area contributed by atoms with Gasteiger partial charge in [0, 0.05) is 12.1 Å². The van der Waals surface area contributed by atoms with Crippen molar-refractivity contribution in [2.75, 3.05) is 11.9 Å². The van der Waals surface area contributed by atoms with E-state index < -0.39 is 22.5 Å². The van der Waals surface area contributed by atoms with E-state index in [-0.39, 0.29) is 10.8 Å². The molecule has 8 heteroatoms. The van der Waals surface area contributed by atoms with Gasteiger partial charge >= 0.3 is 5.97 Å². The Morgan fingerprint density at radius 2 is 1.60 bits per heavy atom. The third kappa shape index (κ3) is 6.02. The normalized spacial score (nSPS) is 11.0. The molecular weight excluding hydrogens is 344 g/mol. The summed E-state index contributed by atoms with van der Waals surface area (Å²) in [6.07, 6.45) is 0.919. The number of carbonyl (C=O) groups excluding carboxylic acids is 1. The van der Waals surface area contributed by atoms with E-state index in [0.717, 1.165) is 5.56 Å². The molecule has 2 rings (SSSR count). The third-order valence-electron chi connectivity index (χ3n) is 3.35. The van der Waals surface area contributed by atoms with Crippen molar-refractivity contribution in [3.63, 3.8) is 0 Å². The lowest BCUT2D eigenvalue weighted by molar-refractivity contribution is -0.135. The largest absolute Gasteiger partial charge is 0.480 e. The molecule has 0 bridgehead atoms. The molecule has 25 heavy (non-hydrogen) atoms. The number of carbonyl (C=O) groups is 2. The van der Waals surface area contributed by atoms with Gasteiger partial charge in [0.15, 0.2) is 0 Å². The number of aliphatic carboxylic acids is 1. The second-order valence-corrected chi connectivity index (χ2v) is 7.04. The minimum atomic E-state index is -3.89. The summed E-state index contributed by atoms with van der Waals surface area (Å²) in [5.74, 6) is -1.45. The molecule has 2 aromatic rings. The van der Waals surface area contributed by atoms with Crippen LogP contribution in [0, 0.1) is 0 Å². The number of amides is 1. The van der Waals surface area contributed by atoms with Gasteiger partial charge in [-0.2, -0.15) is 4.72 Å². The molecule has 0 aromatic heterocycles. The van der Waals surface area contributed by atoms with Gasteiger partial charge in [-0.15, -0.1) is 0 Å². The fourth-order valence-electron chi connectivity index (χ4n) is 2.08. The van der Waals surface area contributed by atoms with Crippen LogP contribution in [0.5, 0.6) is 0 Å². The number of hydrogen-bond acceptors (Lipinski definition) is 4. The predicted octanol–water partition coefficient (Wildman–Crippen LogP) is 1.62. The molecule has 0 aliphatic heterocycles. The number of carboxylic acids is 1. The summed E-state index contributed by atoms with van der Waals surface area (Å²) in [6.45, 7) is -0.694. The Kier molecular flexibility index (Phi) is 6.26. The van der Waals surface area contributed by atoms with Crippen molar-refractivity contribution in [2.45, 2.75) is 17.7 Å². The maximum atomic E-state index is 11.9. The summed E-state index contributed by atoms with van der Waals surface area (Å²) in [5, 5.41) is 11.2. The number of aryl methyl sites for hydroxylation is 1. The zero-order valence-corrected chi connectivity index (χ0v) is 14.1. The Labute approximate surface area is 145 Å². The van der Waals surface area contributed by atoms with Crippen molar-refractivity contribution in [1.29, 1.82) is 0 Å². The second kappa shape index (κ2) is 8.41. The van der Waals surface area contributed by atoms with Gasteiger partial charge in [0.25, 0.3) is 0 Å². The first kappa shape index (κ1) is 18.6. The van der Waals surface area contributed by atoms with Crippen LogP contribution in [-0.2, 0) is 26.0 Å². The number of benzene rings is 2. The average molecular weight is 362 g/mol. The van der Waals surface area contributed by atoms with E-state index in [1.165, 1.54) is 24.3 Å². The molecule has 0 aliphatic rings. The lowest BCUT2D eigenvalue weighted by atomic mass is 10.1. The van der Waals surface area contributed by atoms with Crippen LogP contribution in [0.2, 0.25) is 0 Å². The molecule has 0 radical (unpaired) electrons. The summed E-state index contributed by atoms with van der Waals surface area (Å²) in [7, 11) is -3.89. The lowest BCUT2D eigenvalue weighted by Gasteiger charge is -2.08. The lowest BCUT2D eigenvalue weighted by Crippen LogP contribution is -2.29. The van der Waals surface area contributed by atoms with Crippen LogP contribution in [0.15, 0.2) is 59.5 Å². The molecule has 0 heterocycles. The molecule has 0 saturated carbocycles. The maximum Gasteiger partial charge on any atom is 0.318 e. The summed E-state index contributed by atoms with van der Waals surface area (Å²) in [6, 6.07) is 15.1. The summed E-state index contributed by atoms with van der Waals surface area (Å²) >= 11 is 0. The van der Waals surface area contributed by atoms with Gasteiger partial charge in [-0.25, -0.2) is 8.42 Å². The van der Waals surface area contributed by atoms with Crippen LogP contribution >= 0.6 is 0 Å². The fourth-order valence-corrected chi connectivity index (χ4v) is 3.06. The summed E-state index contributed by atoms with van der Waals surface area (Å²) in [5.41, 5.74) is 1.53. The Morgan fingerprint density at radius 1 is 0.960 bits per heavy atom. The van der Waals surface area contributed by atoms with Gasteiger partial charge in [-0.05, 0) is 36.2 Å². The van der Waals surface area contributed by atoms with Crippen molar-refractivity contribution in [3.05, 3.63) is 60.2 Å². The predicted molar refractivity (Wildman–Crippen MR) is 92.7 cm³/mol. The Morgan fingerprint density at radius 3 is 2.20 bits per heavy atom. The number of anilines is 1. The van der Waals surface area contributed by atoms with Crippen LogP contribution in [0.1, 0.15) is 12.0 Å². The molecule has 1 amide bonds. The van der Waals surface area contributed by atoms with E-state index >= 15 is 0 Å². The summed E-state index contributed by atoms with van der Waals surface area (Å²) in [4.78, 5) is 22.3. The highest BCUT2D eigenvalue weighted by atomic mass is 32.2. The Balaban J connectivity index is 1.91. The van der Waals surface area contributed by atoms with Gasteiger partial charge in [-0.3, -0.25) is 9.59 Å². The van der Waals surface area contributed by atoms with Crippen molar-refractivity contribution >= 4 is 27.6 Å². The quantitative estimate of drug-likeness (QED) is 0.660. The standard InChI is InChI=1S/C17H18N2O5S/c20-16(11-6-13-4-2-1-3-5-13)19-14-7-9-15(10-8-14)25(23,24)18-12-17(21)22/h1-5,7-10,18H,6,11-12H2,(H,19,20)(H,21,22). The molecule has 2 aromatic carbocycles. The van der Waals surface area contributed by atoms with Gasteiger partial charge in [0.2, 0.25) is 15.9 Å². The number of nitrogens with one attached hydrogen (secondary N) is 2. The van der Waals surface area contributed by atoms with E-state index in [1.807, 2.05) is 35.1 Å². The number of carboxylic acid groups (broad SMARTS) is 1. The van der Waals surface area contributed by atoms with Crippen molar-refractivity contribution < 1.29 is 23.1 Å². The number of hydrogen-bond donors (Lipinski definition) is 3. The second-order valence-electron chi connectivity index (χ2n) is 5.28. The molecule has 3 N–H and O–H groups in total. The highest BCUT2D eigenvalue weighted by Gasteiger charge is 2.15. The van der Waals surface area contributed by atoms with Gasteiger partial charge in [-0.1, -0.05) is 30.3 Å². The van der Waals surface area contributed by atoms with Crippen LogP contribution in [0.3, 0.4) is 0 Å². The molecule has 132 valence electrons. The first-order valence-corrected chi connectivity index (χ1v) is 9.00. The molecule has 0 unspecified atom stereocenters. The van der Waals surface area contributed by atoms with E-state index in [9.17, 15) is 18.0 Å². The van der Waals surface area contributed by atoms with Gasteiger partial charge in [0.1, 0.15) is 6.54 Å². The first-order valence-electron chi connectivity index (χ1n) is 7.52. The van der Waals surface area contributed by atoms with Gasteiger partial charge < -0.3 is 10.4 Å². The van der Waals surface area contributed by atoms with E-state index in [0.29, 0.717) is 18.5 Å². The molecule has 0 fully saturated rings. The fraction of sp³-hybridized carbons (Fsp3) is 0.176. The monoisotopic (exact) mass is 362 g/mol. The van der Waals surface area contributed by atoms with Crippen molar-refractivity contribution in [2.24, 2.45) is 0 Å². The van der Waals surface area contributed by atoms with Crippen LogP contribution in [-0.4, -0.2) is 31.9 Å². The van der Waals surface area contributed by atoms with Crippen LogP contribution in [0.25, 0.3) is 0 Å².